The Bertz CT molecular complexity index is 717. The van der Waals surface area contributed by atoms with Crippen LogP contribution in [-0.4, -0.2) is 18.4 Å². The first-order chi connectivity index (χ1) is 11.5. The molecule has 0 saturated heterocycles. The fourth-order valence-corrected chi connectivity index (χ4v) is 2.45. The van der Waals surface area contributed by atoms with Gasteiger partial charge >= 0.3 is 0 Å². The number of carbonyl (C=O) groups is 2. The maximum atomic E-state index is 11.8. The highest BCUT2D eigenvalue weighted by molar-refractivity contribution is 9.10. The van der Waals surface area contributed by atoms with E-state index in [0.29, 0.717) is 11.3 Å². The van der Waals surface area contributed by atoms with E-state index in [0.717, 1.165) is 10.0 Å². The van der Waals surface area contributed by atoms with E-state index in [1.54, 1.807) is 24.3 Å². The van der Waals surface area contributed by atoms with Crippen LogP contribution in [-0.2, 0) is 4.79 Å². The van der Waals surface area contributed by atoms with Crippen molar-refractivity contribution in [2.75, 3.05) is 6.61 Å². The van der Waals surface area contributed by atoms with E-state index in [1.165, 1.54) is 0 Å². The summed E-state index contributed by atoms with van der Waals surface area (Å²) in [6, 6.07) is 14.3. The van der Waals surface area contributed by atoms with Gasteiger partial charge in [0.25, 0.3) is 11.8 Å². The third kappa shape index (κ3) is 5.09. The Balaban J connectivity index is 1.87. The molecule has 0 atom stereocenters. The summed E-state index contributed by atoms with van der Waals surface area (Å²) in [4.78, 5) is 23.7. The van der Waals surface area contributed by atoms with Crippen LogP contribution in [0.4, 0.5) is 0 Å². The van der Waals surface area contributed by atoms with Crippen LogP contribution in [0.2, 0.25) is 0 Å². The summed E-state index contributed by atoms with van der Waals surface area (Å²) in [5.41, 5.74) is 6.17. The minimum absolute atomic E-state index is 0.184. The van der Waals surface area contributed by atoms with Gasteiger partial charge in [-0.3, -0.25) is 20.4 Å². The predicted octanol–water partition coefficient (Wildman–Crippen LogP) is 3.41. The molecule has 0 aliphatic carbocycles. The highest BCUT2D eigenvalue weighted by atomic mass is 79.9. The lowest BCUT2D eigenvalue weighted by molar-refractivity contribution is -0.123. The second kappa shape index (κ2) is 8.49. The number of hydrazine groups is 1. The van der Waals surface area contributed by atoms with E-state index < -0.39 is 5.91 Å². The molecular weight excluding hydrogens is 372 g/mol. The largest absolute Gasteiger partial charge is 0.483 e. The number of ether oxygens (including phenoxy) is 1. The van der Waals surface area contributed by atoms with Gasteiger partial charge in [0.15, 0.2) is 6.61 Å². The second-order valence-corrected chi connectivity index (χ2v) is 6.41. The molecule has 0 unspecified atom stereocenters. The molecule has 0 spiro atoms. The molecule has 0 radical (unpaired) electrons. The van der Waals surface area contributed by atoms with Gasteiger partial charge in [-0.2, -0.15) is 0 Å². The Labute approximate surface area is 149 Å². The number of halogens is 1. The quantitative estimate of drug-likeness (QED) is 0.768. The highest BCUT2D eigenvalue weighted by Gasteiger charge is 2.11. The number of hydrogen-bond donors (Lipinski definition) is 2. The molecule has 0 saturated carbocycles. The number of benzene rings is 2. The summed E-state index contributed by atoms with van der Waals surface area (Å²) in [7, 11) is 0. The molecule has 2 aromatic carbocycles. The third-order valence-corrected chi connectivity index (χ3v) is 3.80. The van der Waals surface area contributed by atoms with Crippen LogP contribution in [0.3, 0.4) is 0 Å². The number of rotatable bonds is 5. The van der Waals surface area contributed by atoms with Gasteiger partial charge in [0, 0.05) is 10.0 Å². The summed E-state index contributed by atoms with van der Waals surface area (Å²) >= 11 is 3.43. The maximum Gasteiger partial charge on any atom is 0.276 e. The fourth-order valence-electron chi connectivity index (χ4n) is 2.07. The van der Waals surface area contributed by atoms with Gasteiger partial charge in [-0.05, 0) is 41.8 Å². The summed E-state index contributed by atoms with van der Waals surface area (Å²) in [5, 5.41) is 0. The molecule has 6 heteroatoms. The van der Waals surface area contributed by atoms with Crippen LogP contribution in [0.15, 0.2) is 53.0 Å². The average molecular weight is 391 g/mol. The molecule has 0 heterocycles. The van der Waals surface area contributed by atoms with Gasteiger partial charge < -0.3 is 4.74 Å². The Morgan fingerprint density at radius 1 is 1.08 bits per heavy atom. The molecule has 0 aliphatic heterocycles. The summed E-state index contributed by atoms with van der Waals surface area (Å²) < 4.78 is 6.53. The van der Waals surface area contributed by atoms with E-state index in [1.807, 2.05) is 24.3 Å². The van der Waals surface area contributed by atoms with Crippen molar-refractivity contribution in [3.63, 3.8) is 0 Å². The Hall–Kier alpha value is -2.34. The van der Waals surface area contributed by atoms with Gasteiger partial charge in [0.1, 0.15) is 5.75 Å². The van der Waals surface area contributed by atoms with Crippen LogP contribution >= 0.6 is 15.9 Å². The molecule has 2 rings (SSSR count). The lowest BCUT2D eigenvalue weighted by Crippen LogP contribution is -2.43. The van der Waals surface area contributed by atoms with Crippen molar-refractivity contribution in [2.24, 2.45) is 0 Å². The Morgan fingerprint density at radius 2 is 1.79 bits per heavy atom. The van der Waals surface area contributed by atoms with Crippen molar-refractivity contribution in [3.8, 4) is 5.75 Å². The normalized spacial score (nSPS) is 10.3. The third-order valence-electron chi connectivity index (χ3n) is 3.30. The van der Waals surface area contributed by atoms with E-state index in [4.69, 9.17) is 4.74 Å². The molecule has 0 bridgehead atoms. The zero-order valence-electron chi connectivity index (χ0n) is 13.5. The first-order valence-electron chi connectivity index (χ1n) is 7.54. The molecule has 2 N–H and O–H groups in total. The SMILES string of the molecule is CC(C)c1cc(Br)ccc1OCC(=O)NNC(=O)c1ccccc1. The van der Waals surface area contributed by atoms with Crippen molar-refractivity contribution in [2.45, 2.75) is 19.8 Å². The first-order valence-corrected chi connectivity index (χ1v) is 8.33. The van der Waals surface area contributed by atoms with Gasteiger partial charge in [-0.1, -0.05) is 48.0 Å². The topological polar surface area (TPSA) is 67.4 Å². The van der Waals surface area contributed by atoms with Crippen molar-refractivity contribution in [3.05, 3.63) is 64.1 Å². The smallest absolute Gasteiger partial charge is 0.276 e. The number of hydrogen-bond acceptors (Lipinski definition) is 3. The van der Waals surface area contributed by atoms with Crippen LogP contribution in [0.1, 0.15) is 35.7 Å². The lowest BCUT2D eigenvalue weighted by Gasteiger charge is -2.14. The van der Waals surface area contributed by atoms with Crippen LogP contribution in [0.25, 0.3) is 0 Å². The van der Waals surface area contributed by atoms with Gasteiger partial charge in [-0.15, -0.1) is 0 Å². The molecule has 2 aromatic rings. The predicted molar refractivity (Wildman–Crippen MR) is 95.8 cm³/mol. The maximum absolute atomic E-state index is 11.8. The molecule has 24 heavy (non-hydrogen) atoms. The summed E-state index contributed by atoms with van der Waals surface area (Å²) in [6.45, 7) is 3.92. The van der Waals surface area contributed by atoms with Crippen LogP contribution < -0.4 is 15.6 Å². The standard InChI is InChI=1S/C18H19BrN2O3/c1-12(2)15-10-14(19)8-9-16(15)24-11-17(22)20-21-18(23)13-6-4-3-5-7-13/h3-10,12H,11H2,1-2H3,(H,20,22)(H,21,23). The van der Waals surface area contributed by atoms with Gasteiger partial charge in [0.2, 0.25) is 0 Å². The molecule has 126 valence electrons. The first kappa shape index (κ1) is 18.0. The average Bonchev–Trinajstić information content (AvgIpc) is 2.59. The molecule has 2 amide bonds. The molecule has 0 aliphatic rings. The van der Waals surface area contributed by atoms with Crippen molar-refractivity contribution in [1.82, 2.24) is 10.9 Å². The fraction of sp³-hybridized carbons (Fsp3) is 0.222. The van der Waals surface area contributed by atoms with Crippen LogP contribution in [0.5, 0.6) is 5.75 Å². The van der Waals surface area contributed by atoms with Crippen molar-refractivity contribution in [1.29, 1.82) is 0 Å². The lowest BCUT2D eigenvalue weighted by atomic mass is 10.0. The molecular formula is C18H19BrN2O3. The monoisotopic (exact) mass is 390 g/mol. The van der Waals surface area contributed by atoms with E-state index in [2.05, 4.69) is 40.6 Å². The van der Waals surface area contributed by atoms with E-state index >= 15 is 0 Å². The molecule has 0 fully saturated rings. The Morgan fingerprint density at radius 3 is 2.46 bits per heavy atom. The summed E-state index contributed by atoms with van der Waals surface area (Å²) in [5.74, 6) is 0.100. The molecule has 0 aromatic heterocycles. The minimum atomic E-state index is -0.433. The Kier molecular flexibility index (Phi) is 6.37. The minimum Gasteiger partial charge on any atom is -0.483 e. The zero-order valence-corrected chi connectivity index (χ0v) is 15.1. The zero-order chi connectivity index (χ0) is 17.5. The number of carbonyl (C=O) groups excluding carboxylic acids is 2. The van der Waals surface area contributed by atoms with Crippen LogP contribution in [0, 0.1) is 0 Å². The van der Waals surface area contributed by atoms with E-state index in [9.17, 15) is 9.59 Å². The summed E-state index contributed by atoms with van der Waals surface area (Å²) in [6.07, 6.45) is 0. The number of amides is 2. The van der Waals surface area contributed by atoms with E-state index in [-0.39, 0.29) is 18.4 Å². The van der Waals surface area contributed by atoms with Gasteiger partial charge in [-0.25, -0.2) is 0 Å². The highest BCUT2D eigenvalue weighted by Crippen LogP contribution is 2.29. The number of nitrogens with one attached hydrogen (secondary N) is 2. The van der Waals surface area contributed by atoms with Gasteiger partial charge in [0.05, 0.1) is 0 Å². The van der Waals surface area contributed by atoms with Crippen molar-refractivity contribution < 1.29 is 14.3 Å². The van der Waals surface area contributed by atoms with Crippen molar-refractivity contribution >= 4 is 27.7 Å². The second-order valence-electron chi connectivity index (χ2n) is 5.49. The molecule has 5 nitrogen and oxygen atoms in total.